The van der Waals surface area contributed by atoms with Crippen molar-refractivity contribution in [1.29, 1.82) is 0 Å². The van der Waals surface area contributed by atoms with E-state index in [2.05, 4.69) is 4.74 Å². The smallest absolute Gasteiger partial charge is 0.349 e. The standard InChI is InChI=1S/C10H12O10/c11-5(12)1-2-8(17)20-10(9(18)19,3-6(13)14)4-7(15)16/h1-4H2,(H,11,12)(H,13,14)(H,15,16)(H,18,19). The minimum atomic E-state index is -2.77. The lowest BCUT2D eigenvalue weighted by atomic mass is 9.95. The monoisotopic (exact) mass is 292 g/mol. The summed E-state index contributed by atoms with van der Waals surface area (Å²) >= 11 is 0. The van der Waals surface area contributed by atoms with E-state index >= 15 is 0 Å². The minimum absolute atomic E-state index is 0.658. The Morgan fingerprint density at radius 2 is 1.20 bits per heavy atom. The van der Waals surface area contributed by atoms with Gasteiger partial charge in [-0.1, -0.05) is 0 Å². The molecule has 0 aromatic carbocycles. The average Bonchev–Trinajstić information content (AvgIpc) is 2.23. The van der Waals surface area contributed by atoms with Crippen LogP contribution in [0, 0.1) is 0 Å². The molecular formula is C10H12O10. The van der Waals surface area contributed by atoms with Gasteiger partial charge in [0, 0.05) is 0 Å². The molecule has 112 valence electrons. The zero-order valence-electron chi connectivity index (χ0n) is 10.1. The normalized spacial score (nSPS) is 10.6. The van der Waals surface area contributed by atoms with Gasteiger partial charge in [-0.2, -0.15) is 0 Å². The molecule has 0 aliphatic heterocycles. The van der Waals surface area contributed by atoms with Crippen LogP contribution in [0.1, 0.15) is 25.7 Å². The quantitative estimate of drug-likeness (QED) is 0.392. The first-order valence-corrected chi connectivity index (χ1v) is 5.19. The summed E-state index contributed by atoms with van der Waals surface area (Å²) < 4.78 is 4.41. The number of hydrogen-bond donors (Lipinski definition) is 4. The Kier molecular flexibility index (Phi) is 6.13. The van der Waals surface area contributed by atoms with Gasteiger partial charge in [-0.05, 0) is 0 Å². The second kappa shape index (κ2) is 7.07. The van der Waals surface area contributed by atoms with Crippen molar-refractivity contribution < 1.29 is 49.1 Å². The van der Waals surface area contributed by atoms with Crippen molar-refractivity contribution in [1.82, 2.24) is 0 Å². The summed E-state index contributed by atoms with van der Waals surface area (Å²) in [6.07, 6.45) is -3.88. The van der Waals surface area contributed by atoms with Crippen LogP contribution in [0.25, 0.3) is 0 Å². The largest absolute Gasteiger partial charge is 0.481 e. The van der Waals surface area contributed by atoms with Crippen molar-refractivity contribution in [3.8, 4) is 0 Å². The maximum Gasteiger partial charge on any atom is 0.349 e. The summed E-state index contributed by atoms with van der Waals surface area (Å²) in [7, 11) is 0. The molecule has 20 heavy (non-hydrogen) atoms. The van der Waals surface area contributed by atoms with Crippen LogP contribution in [0.2, 0.25) is 0 Å². The highest BCUT2D eigenvalue weighted by Gasteiger charge is 2.47. The van der Waals surface area contributed by atoms with Crippen LogP contribution in [0.3, 0.4) is 0 Å². The molecule has 0 spiro atoms. The molecule has 0 saturated heterocycles. The van der Waals surface area contributed by atoms with E-state index in [1.807, 2.05) is 0 Å². The predicted molar refractivity (Wildman–Crippen MR) is 57.8 cm³/mol. The van der Waals surface area contributed by atoms with Crippen molar-refractivity contribution in [3.05, 3.63) is 0 Å². The molecule has 0 aliphatic rings. The Hall–Kier alpha value is -2.65. The Balaban J connectivity index is 5.12. The number of aliphatic carboxylic acids is 4. The van der Waals surface area contributed by atoms with Crippen molar-refractivity contribution in [3.63, 3.8) is 0 Å². The van der Waals surface area contributed by atoms with E-state index in [9.17, 15) is 24.0 Å². The van der Waals surface area contributed by atoms with Crippen molar-refractivity contribution in [2.45, 2.75) is 31.3 Å². The highest BCUT2D eigenvalue weighted by atomic mass is 16.6. The van der Waals surface area contributed by atoms with Crippen LogP contribution in [0.5, 0.6) is 0 Å². The fraction of sp³-hybridized carbons (Fsp3) is 0.500. The molecular weight excluding hydrogens is 280 g/mol. The molecule has 0 rings (SSSR count). The number of carbonyl (C=O) groups excluding carboxylic acids is 1. The second-order valence-corrected chi connectivity index (χ2v) is 3.81. The molecule has 0 fully saturated rings. The highest BCUT2D eigenvalue weighted by molar-refractivity contribution is 5.91. The summed E-state index contributed by atoms with van der Waals surface area (Å²) in [5, 5.41) is 34.5. The van der Waals surface area contributed by atoms with E-state index in [0.717, 1.165) is 0 Å². The first kappa shape index (κ1) is 17.4. The number of ether oxygens (including phenoxy) is 1. The number of carbonyl (C=O) groups is 5. The van der Waals surface area contributed by atoms with Crippen molar-refractivity contribution >= 4 is 29.8 Å². The zero-order chi connectivity index (χ0) is 15.9. The second-order valence-electron chi connectivity index (χ2n) is 3.81. The molecule has 10 nitrogen and oxygen atoms in total. The van der Waals surface area contributed by atoms with Crippen LogP contribution in [-0.4, -0.2) is 55.9 Å². The number of hydrogen-bond acceptors (Lipinski definition) is 6. The summed E-state index contributed by atoms with van der Waals surface area (Å²) in [5.74, 6) is -7.96. The van der Waals surface area contributed by atoms with Gasteiger partial charge in [0.05, 0.1) is 25.7 Å². The van der Waals surface area contributed by atoms with Crippen LogP contribution < -0.4 is 0 Å². The summed E-state index contributed by atoms with van der Waals surface area (Å²) in [6, 6.07) is 0. The third-order valence-electron chi connectivity index (χ3n) is 2.12. The van der Waals surface area contributed by atoms with E-state index in [0.29, 0.717) is 0 Å². The number of carboxylic acid groups (broad SMARTS) is 4. The maximum absolute atomic E-state index is 11.3. The van der Waals surface area contributed by atoms with E-state index in [-0.39, 0.29) is 0 Å². The fourth-order valence-corrected chi connectivity index (χ4v) is 1.30. The Labute approximate surface area is 111 Å². The molecule has 0 aromatic rings. The summed E-state index contributed by atoms with van der Waals surface area (Å²) in [4.78, 5) is 53.8. The minimum Gasteiger partial charge on any atom is -0.481 e. The number of esters is 1. The van der Waals surface area contributed by atoms with Crippen LogP contribution in [0.15, 0.2) is 0 Å². The van der Waals surface area contributed by atoms with Gasteiger partial charge in [0.1, 0.15) is 0 Å². The molecule has 0 aliphatic carbocycles. The fourth-order valence-electron chi connectivity index (χ4n) is 1.30. The summed E-state index contributed by atoms with van der Waals surface area (Å²) in [6.45, 7) is 0. The molecule has 0 bridgehead atoms. The van der Waals surface area contributed by atoms with Crippen LogP contribution in [-0.2, 0) is 28.7 Å². The lowest BCUT2D eigenvalue weighted by Crippen LogP contribution is -2.47. The summed E-state index contributed by atoms with van der Waals surface area (Å²) in [5.41, 5.74) is -2.77. The van der Waals surface area contributed by atoms with E-state index in [1.54, 1.807) is 0 Å². The molecule has 0 amide bonds. The predicted octanol–water partition coefficient (Wildman–Crippen LogP) is -0.833. The average molecular weight is 292 g/mol. The van der Waals surface area contributed by atoms with E-state index < -0.39 is 61.1 Å². The Bertz CT molecular complexity index is 421. The first-order valence-electron chi connectivity index (χ1n) is 5.19. The van der Waals surface area contributed by atoms with E-state index in [4.69, 9.17) is 20.4 Å². The van der Waals surface area contributed by atoms with Gasteiger partial charge in [-0.25, -0.2) is 4.79 Å². The lowest BCUT2D eigenvalue weighted by molar-refractivity contribution is -0.186. The Morgan fingerprint density at radius 3 is 1.50 bits per heavy atom. The highest BCUT2D eigenvalue weighted by Crippen LogP contribution is 2.23. The third kappa shape index (κ3) is 5.80. The lowest BCUT2D eigenvalue weighted by Gasteiger charge is -2.26. The van der Waals surface area contributed by atoms with Crippen LogP contribution >= 0.6 is 0 Å². The van der Waals surface area contributed by atoms with Gasteiger partial charge < -0.3 is 25.2 Å². The molecule has 0 saturated carbocycles. The first-order chi connectivity index (χ1) is 9.09. The third-order valence-corrected chi connectivity index (χ3v) is 2.12. The molecule has 10 heteroatoms. The number of rotatable bonds is 9. The van der Waals surface area contributed by atoms with Gasteiger partial charge in [0.15, 0.2) is 0 Å². The topological polar surface area (TPSA) is 175 Å². The van der Waals surface area contributed by atoms with Gasteiger partial charge in [0.2, 0.25) is 5.60 Å². The molecule has 0 atom stereocenters. The van der Waals surface area contributed by atoms with Gasteiger partial charge in [0.25, 0.3) is 0 Å². The van der Waals surface area contributed by atoms with Gasteiger partial charge >= 0.3 is 29.8 Å². The molecule has 4 N–H and O–H groups in total. The zero-order valence-corrected chi connectivity index (χ0v) is 10.1. The van der Waals surface area contributed by atoms with Crippen molar-refractivity contribution in [2.75, 3.05) is 0 Å². The SMILES string of the molecule is O=C(O)CCC(=O)OC(CC(=O)O)(CC(=O)O)C(=O)O. The maximum atomic E-state index is 11.3. The molecule has 0 unspecified atom stereocenters. The van der Waals surface area contributed by atoms with Gasteiger partial charge in [-0.15, -0.1) is 0 Å². The number of carboxylic acids is 4. The Morgan fingerprint density at radius 1 is 0.750 bits per heavy atom. The van der Waals surface area contributed by atoms with E-state index in [1.165, 1.54) is 0 Å². The molecule has 0 radical (unpaired) electrons. The molecule has 0 aromatic heterocycles. The van der Waals surface area contributed by atoms with Crippen LogP contribution in [0.4, 0.5) is 0 Å². The molecule has 0 heterocycles. The van der Waals surface area contributed by atoms with Crippen molar-refractivity contribution in [2.24, 2.45) is 0 Å². The van der Waals surface area contributed by atoms with Gasteiger partial charge in [-0.3, -0.25) is 19.2 Å².